The first-order valence-corrected chi connectivity index (χ1v) is 4.80. The van der Waals surface area contributed by atoms with Crippen molar-refractivity contribution in [2.75, 3.05) is 6.16 Å². The molecule has 0 heterocycles. The standard InChI is InChI=1S/C8H19N2P/c1-6(2)8(5-11)4-10-7(3)9/h4,6-7,10H,5,9,11H2,1-3H3/b8-4+. The average molecular weight is 174 g/mol. The first-order chi connectivity index (χ1) is 5.07. The van der Waals surface area contributed by atoms with Crippen LogP contribution in [0.1, 0.15) is 20.8 Å². The van der Waals surface area contributed by atoms with Crippen molar-refractivity contribution in [2.24, 2.45) is 11.7 Å². The summed E-state index contributed by atoms with van der Waals surface area (Å²) in [6.07, 6.45) is 3.07. The lowest BCUT2D eigenvalue weighted by Crippen LogP contribution is -2.30. The van der Waals surface area contributed by atoms with E-state index in [1.165, 1.54) is 5.57 Å². The van der Waals surface area contributed by atoms with Crippen LogP contribution in [0.5, 0.6) is 0 Å². The fourth-order valence-corrected chi connectivity index (χ4v) is 1.29. The van der Waals surface area contributed by atoms with E-state index < -0.39 is 0 Å². The van der Waals surface area contributed by atoms with Crippen LogP contribution >= 0.6 is 9.24 Å². The molecule has 0 rings (SSSR count). The van der Waals surface area contributed by atoms with Gasteiger partial charge in [0.15, 0.2) is 0 Å². The van der Waals surface area contributed by atoms with E-state index in [2.05, 4.69) is 28.4 Å². The molecule has 11 heavy (non-hydrogen) atoms. The Bertz CT molecular complexity index is 130. The summed E-state index contributed by atoms with van der Waals surface area (Å²) < 4.78 is 0. The highest BCUT2D eigenvalue weighted by atomic mass is 31.0. The van der Waals surface area contributed by atoms with E-state index in [1.54, 1.807) is 0 Å². The number of nitrogens with two attached hydrogens (primary N) is 1. The maximum Gasteiger partial charge on any atom is 0.0709 e. The van der Waals surface area contributed by atoms with E-state index in [1.807, 2.05) is 13.1 Å². The summed E-state index contributed by atoms with van der Waals surface area (Å²) in [6.45, 7) is 6.29. The Morgan fingerprint density at radius 3 is 2.36 bits per heavy atom. The van der Waals surface area contributed by atoms with Crippen LogP contribution < -0.4 is 11.1 Å². The van der Waals surface area contributed by atoms with Crippen LogP contribution in [0.4, 0.5) is 0 Å². The van der Waals surface area contributed by atoms with Crippen molar-refractivity contribution in [2.45, 2.75) is 26.9 Å². The third-order valence-electron chi connectivity index (χ3n) is 1.51. The summed E-state index contributed by atoms with van der Waals surface area (Å²) in [7, 11) is 2.72. The van der Waals surface area contributed by atoms with Crippen molar-refractivity contribution in [3.63, 3.8) is 0 Å². The number of hydrogen-bond donors (Lipinski definition) is 2. The van der Waals surface area contributed by atoms with E-state index >= 15 is 0 Å². The minimum atomic E-state index is 0.0419. The third kappa shape index (κ3) is 5.23. The van der Waals surface area contributed by atoms with Gasteiger partial charge in [-0.3, -0.25) is 0 Å². The van der Waals surface area contributed by atoms with Crippen LogP contribution in [0.25, 0.3) is 0 Å². The van der Waals surface area contributed by atoms with E-state index in [0.29, 0.717) is 5.92 Å². The Morgan fingerprint density at radius 2 is 2.09 bits per heavy atom. The van der Waals surface area contributed by atoms with Crippen LogP contribution in [0.2, 0.25) is 0 Å². The number of nitrogens with one attached hydrogen (secondary N) is 1. The minimum absolute atomic E-state index is 0.0419. The molecule has 0 saturated heterocycles. The van der Waals surface area contributed by atoms with Crippen molar-refractivity contribution in [1.82, 2.24) is 5.32 Å². The Hall–Kier alpha value is -0.0700. The second kappa shape index (κ2) is 5.56. The van der Waals surface area contributed by atoms with E-state index in [0.717, 1.165) is 6.16 Å². The molecule has 0 aliphatic heterocycles. The van der Waals surface area contributed by atoms with E-state index in [-0.39, 0.29) is 6.17 Å². The van der Waals surface area contributed by atoms with Gasteiger partial charge in [0, 0.05) is 0 Å². The minimum Gasteiger partial charge on any atom is -0.376 e. The molecule has 0 aliphatic carbocycles. The van der Waals surface area contributed by atoms with E-state index in [4.69, 9.17) is 5.73 Å². The molecule has 0 bridgehead atoms. The summed E-state index contributed by atoms with van der Waals surface area (Å²) in [5.74, 6) is 0.596. The molecule has 3 heteroatoms. The summed E-state index contributed by atoms with van der Waals surface area (Å²) in [4.78, 5) is 0. The van der Waals surface area contributed by atoms with Gasteiger partial charge in [0.1, 0.15) is 0 Å². The number of hydrogen-bond acceptors (Lipinski definition) is 2. The molecule has 0 saturated carbocycles. The van der Waals surface area contributed by atoms with Crippen LogP contribution in [0, 0.1) is 5.92 Å². The van der Waals surface area contributed by atoms with Gasteiger partial charge in [-0.1, -0.05) is 13.8 Å². The SMILES string of the molecule is CC(N)N/C=C(\CP)C(C)C. The summed E-state index contributed by atoms with van der Waals surface area (Å²) in [6, 6.07) is 0. The predicted octanol–water partition coefficient (Wildman–Crippen LogP) is 1.30. The molecule has 0 aromatic rings. The maximum atomic E-state index is 5.53. The highest BCUT2D eigenvalue weighted by molar-refractivity contribution is 7.16. The van der Waals surface area contributed by atoms with Gasteiger partial charge in [0.25, 0.3) is 0 Å². The lowest BCUT2D eigenvalue weighted by Gasteiger charge is -2.11. The third-order valence-corrected chi connectivity index (χ3v) is 1.98. The molecular weight excluding hydrogens is 155 g/mol. The molecule has 0 aliphatic rings. The fraction of sp³-hybridized carbons (Fsp3) is 0.750. The van der Waals surface area contributed by atoms with Gasteiger partial charge < -0.3 is 11.1 Å². The molecule has 0 aromatic carbocycles. The zero-order chi connectivity index (χ0) is 8.85. The van der Waals surface area contributed by atoms with Crippen molar-refractivity contribution < 1.29 is 0 Å². The topological polar surface area (TPSA) is 38.0 Å². The zero-order valence-corrected chi connectivity index (χ0v) is 8.75. The largest absolute Gasteiger partial charge is 0.376 e. The second-order valence-corrected chi connectivity index (χ2v) is 3.44. The molecule has 66 valence electrons. The molecule has 0 amide bonds. The lowest BCUT2D eigenvalue weighted by molar-refractivity contribution is 0.653. The monoisotopic (exact) mass is 174 g/mol. The zero-order valence-electron chi connectivity index (χ0n) is 7.59. The molecule has 0 radical (unpaired) electrons. The molecule has 2 unspecified atom stereocenters. The van der Waals surface area contributed by atoms with Crippen molar-refractivity contribution >= 4 is 9.24 Å². The normalized spacial score (nSPS) is 15.3. The highest BCUT2D eigenvalue weighted by Crippen LogP contribution is 2.10. The van der Waals surface area contributed by atoms with Gasteiger partial charge >= 0.3 is 0 Å². The molecule has 3 N–H and O–H groups in total. The molecular formula is C8H19N2P. The highest BCUT2D eigenvalue weighted by Gasteiger charge is 1.99. The van der Waals surface area contributed by atoms with Crippen molar-refractivity contribution in [3.8, 4) is 0 Å². The van der Waals surface area contributed by atoms with Crippen LogP contribution in [0.3, 0.4) is 0 Å². The van der Waals surface area contributed by atoms with Gasteiger partial charge in [0.2, 0.25) is 0 Å². The summed E-state index contributed by atoms with van der Waals surface area (Å²) in [5, 5.41) is 3.08. The van der Waals surface area contributed by atoms with Crippen LogP contribution in [0.15, 0.2) is 11.8 Å². The summed E-state index contributed by atoms with van der Waals surface area (Å²) >= 11 is 0. The molecule has 0 spiro atoms. The number of allylic oxidation sites excluding steroid dienone is 1. The van der Waals surface area contributed by atoms with Crippen molar-refractivity contribution in [3.05, 3.63) is 11.8 Å². The smallest absolute Gasteiger partial charge is 0.0709 e. The first-order valence-electron chi connectivity index (χ1n) is 3.98. The van der Waals surface area contributed by atoms with Crippen LogP contribution in [-0.4, -0.2) is 12.3 Å². The van der Waals surface area contributed by atoms with Gasteiger partial charge in [-0.05, 0) is 30.8 Å². The quantitative estimate of drug-likeness (QED) is 0.498. The molecule has 2 nitrogen and oxygen atoms in total. The number of rotatable bonds is 4. The maximum absolute atomic E-state index is 5.53. The lowest BCUT2D eigenvalue weighted by atomic mass is 10.1. The Labute approximate surface area is 71.8 Å². The second-order valence-electron chi connectivity index (χ2n) is 3.03. The Kier molecular flexibility index (Phi) is 5.53. The molecule has 0 aromatic heterocycles. The van der Waals surface area contributed by atoms with Gasteiger partial charge in [-0.15, -0.1) is 9.24 Å². The molecule has 2 atom stereocenters. The Balaban J connectivity index is 3.91. The van der Waals surface area contributed by atoms with Crippen LogP contribution in [-0.2, 0) is 0 Å². The molecule has 0 fully saturated rings. The predicted molar refractivity (Wildman–Crippen MR) is 54.3 cm³/mol. The Morgan fingerprint density at radius 1 is 1.55 bits per heavy atom. The van der Waals surface area contributed by atoms with Gasteiger partial charge in [-0.25, -0.2) is 0 Å². The van der Waals surface area contributed by atoms with Gasteiger partial charge in [0.05, 0.1) is 6.17 Å². The fourth-order valence-electron chi connectivity index (χ4n) is 0.700. The summed E-state index contributed by atoms with van der Waals surface area (Å²) in [5.41, 5.74) is 6.91. The van der Waals surface area contributed by atoms with Gasteiger partial charge in [-0.2, -0.15) is 0 Å². The average Bonchev–Trinajstić information content (AvgIpc) is 1.87. The first kappa shape index (κ1) is 10.9. The van der Waals surface area contributed by atoms with Crippen molar-refractivity contribution in [1.29, 1.82) is 0 Å². The van der Waals surface area contributed by atoms with E-state index in [9.17, 15) is 0 Å².